The van der Waals surface area contributed by atoms with Gasteiger partial charge >= 0.3 is 0 Å². The molecule has 22 amide bonds. The van der Waals surface area contributed by atoms with Gasteiger partial charge in [0, 0.05) is 77.7 Å². The first-order valence-electron chi connectivity index (χ1n) is 50.0. The molecular formula is C98H143N25O23S4+2. The Morgan fingerprint density at radius 1 is 0.547 bits per heavy atom. The Balaban J connectivity index is 1.01. The number of rotatable bonds is 36. The number of thioether (sulfide) groups is 4. The molecule has 0 radical (unpaired) electrons. The third kappa shape index (κ3) is 39.2. The first-order valence-corrected chi connectivity index (χ1v) is 54.4. The average molecular weight is 2170 g/mol. The molecule has 0 spiro atoms. The van der Waals surface area contributed by atoms with E-state index in [1.807, 2.05) is 13.8 Å². The Morgan fingerprint density at radius 2 is 1.09 bits per heavy atom. The Bertz CT molecular complexity index is 5330. The van der Waals surface area contributed by atoms with Gasteiger partial charge in [-0.1, -0.05) is 113 Å². The number of phenolic OH excluding ortho intramolecular Hbond substituents is 1. The van der Waals surface area contributed by atoms with Gasteiger partial charge in [-0.05, 0) is 132 Å². The van der Waals surface area contributed by atoms with Crippen LogP contribution in [0.1, 0.15) is 143 Å². The van der Waals surface area contributed by atoms with E-state index in [0.717, 1.165) is 53.1 Å². The van der Waals surface area contributed by atoms with Crippen molar-refractivity contribution in [3.8, 4) is 5.75 Å². The number of hydrogen-bond donors (Lipinski definition) is 25. The van der Waals surface area contributed by atoms with E-state index in [1.54, 1.807) is 74.5 Å². The van der Waals surface area contributed by atoms with E-state index < -0.39 is 286 Å². The van der Waals surface area contributed by atoms with E-state index in [0.29, 0.717) is 55.3 Å². The van der Waals surface area contributed by atoms with E-state index >= 15 is 14.4 Å². The summed E-state index contributed by atoms with van der Waals surface area (Å²) in [7, 11) is 0. The Labute approximate surface area is 885 Å². The van der Waals surface area contributed by atoms with Gasteiger partial charge in [0.2, 0.25) is 118 Å². The first kappa shape index (κ1) is 122. The topological polar surface area (TPSA) is 747 Å². The van der Waals surface area contributed by atoms with Crippen LogP contribution >= 0.6 is 47.0 Å². The van der Waals surface area contributed by atoms with Crippen LogP contribution in [0.5, 0.6) is 5.75 Å². The number of unbranched alkanes of at least 4 members (excludes halogenated alkanes) is 2. The minimum absolute atomic E-state index is 0.0100. The molecular weight excluding hydrogens is 2020 g/mol. The van der Waals surface area contributed by atoms with Crippen LogP contribution in [0, 0.1) is 11.8 Å². The molecule has 4 saturated heterocycles. The summed E-state index contributed by atoms with van der Waals surface area (Å²) in [5, 5.41) is 62.7. The molecule has 31 N–H and O–H groups in total. The van der Waals surface area contributed by atoms with Crippen LogP contribution in [-0.4, -0.2) is 321 Å². The lowest BCUT2D eigenvalue weighted by atomic mass is 9.99. The predicted octanol–water partition coefficient (Wildman–Crippen LogP) is -7.46. The van der Waals surface area contributed by atoms with Crippen molar-refractivity contribution in [2.45, 2.75) is 259 Å². The molecule has 20 unspecified atom stereocenters. The molecule has 5 aliphatic rings. The zero-order valence-electron chi connectivity index (χ0n) is 85.2. The third-order valence-corrected chi connectivity index (χ3v) is 29.7. The molecule has 2 bridgehead atoms. The van der Waals surface area contributed by atoms with E-state index in [9.17, 15) is 96.2 Å². The molecule has 52 heteroatoms. The number of aromatic hydroxyl groups is 1. The second-order valence-corrected chi connectivity index (χ2v) is 42.1. The van der Waals surface area contributed by atoms with Gasteiger partial charge in [0.1, 0.15) is 114 Å². The quantitative estimate of drug-likeness (QED) is 0.0190. The average Bonchev–Trinajstić information content (AvgIpc) is 1.63. The van der Waals surface area contributed by atoms with Gasteiger partial charge in [-0.2, -0.15) is 35.3 Å². The van der Waals surface area contributed by atoms with Crippen LogP contribution in [0.25, 0.3) is 0 Å². The number of benzene rings is 3. The van der Waals surface area contributed by atoms with E-state index in [1.165, 1.54) is 68.5 Å². The number of fused-ring (bicyclic) bond motifs is 7. The molecule has 0 aromatic heterocycles. The maximum atomic E-state index is 15.6. The van der Waals surface area contributed by atoms with Gasteiger partial charge in [0.25, 0.3) is 11.8 Å². The van der Waals surface area contributed by atoms with Crippen molar-refractivity contribution in [2.75, 3.05) is 67.2 Å². The fourth-order valence-corrected chi connectivity index (χ4v) is 20.3. The number of nitrogens with two attached hydrogens (primary N) is 2. The highest BCUT2D eigenvalue weighted by Gasteiger charge is 2.45. The molecule has 4 fully saturated rings. The first-order chi connectivity index (χ1) is 71.5. The Morgan fingerprint density at radius 3 is 1.70 bits per heavy atom. The summed E-state index contributed by atoms with van der Waals surface area (Å²) >= 11 is 3.57. The highest BCUT2D eigenvalue weighted by molar-refractivity contribution is 8.02. The van der Waals surface area contributed by atoms with E-state index in [2.05, 4.69) is 118 Å². The lowest BCUT2D eigenvalue weighted by molar-refractivity contribution is -0.415. The van der Waals surface area contributed by atoms with Crippen LogP contribution < -0.4 is 129 Å². The summed E-state index contributed by atoms with van der Waals surface area (Å²) in [5.41, 5.74) is 20.4. The molecule has 8 rings (SSSR count). The van der Waals surface area contributed by atoms with E-state index in [4.69, 9.17) is 11.5 Å². The van der Waals surface area contributed by atoms with Crippen LogP contribution in [0.2, 0.25) is 0 Å². The van der Waals surface area contributed by atoms with Gasteiger partial charge in [-0.25, -0.2) is 0 Å². The molecule has 0 saturated carbocycles. The Kier molecular flexibility index (Phi) is 50.0. The van der Waals surface area contributed by atoms with Crippen molar-refractivity contribution in [1.82, 2.24) is 111 Å². The number of nitrogens with zero attached hydrogens (tertiary/aromatic N) is 1. The normalized spacial score (nSPS) is 24.9. The maximum absolute atomic E-state index is 15.6. The SMILES string of the molecule is C/C=C(\NC(=O)C(CCCCN)NC(=O)C(C)NC(=O)C1CSC(C)C(NC(=O)C2CSCC(NC(=O)C(C)NC(=O)C([NH3+])C(C)CC)C(=O)NC(CCCC[NH3+])C(=O)NC(Cc3ccccc3)C(=O)NC(CC(C)C)C(=O)N2)C(=O)N2CCCC2C(=O)NCC(=O)N1)C(=O)NCC(=O)NC1CSCC2NC(=O)C(Cc3ccc(O)cc3)NC(=O)C(CS/C=C/NC2=O)NC(=O)C(CC(N)=O)NC(=O)C(Cc2ccccc2)NC1=O. The molecule has 5 aliphatic heterocycles. The highest BCUT2D eigenvalue weighted by atomic mass is 32.2. The zero-order valence-corrected chi connectivity index (χ0v) is 88.5. The summed E-state index contributed by atoms with van der Waals surface area (Å²) in [5.74, 6) is -23.0. The van der Waals surface area contributed by atoms with Gasteiger partial charge in [0.15, 0.2) is 6.04 Å². The number of carbonyl (C=O) groups excluding carboxylic acids is 22. The molecule has 5 heterocycles. The van der Waals surface area contributed by atoms with Crippen LogP contribution in [0.4, 0.5) is 0 Å². The second kappa shape index (κ2) is 61.6. The zero-order chi connectivity index (χ0) is 110. The fraction of sp³-hybridized carbons (Fsp3) is 0.551. The summed E-state index contributed by atoms with van der Waals surface area (Å²) < 4.78 is 0. The summed E-state index contributed by atoms with van der Waals surface area (Å²) in [6.07, 6.45) is 3.21. The number of primary amides is 1. The molecule has 48 nitrogen and oxygen atoms in total. The number of nitrogens with one attached hydrogen (secondary N) is 20. The number of carbonyl (C=O) groups is 22. The second-order valence-electron chi connectivity index (χ2n) is 37.6. The minimum Gasteiger partial charge on any atom is -0.508 e. The number of phenols is 1. The predicted molar refractivity (Wildman–Crippen MR) is 557 cm³/mol. The number of hydrogen-bond acceptors (Lipinski definition) is 28. The van der Waals surface area contributed by atoms with Crippen LogP contribution in [-0.2, 0) is 125 Å². The summed E-state index contributed by atoms with van der Waals surface area (Å²) in [4.78, 5) is 319. The maximum Gasteiger partial charge on any atom is 0.279 e. The minimum atomic E-state index is -1.80. The molecule has 3 aromatic rings. The molecule has 20 atom stereocenters. The van der Waals surface area contributed by atoms with Gasteiger partial charge < -0.3 is 139 Å². The van der Waals surface area contributed by atoms with Crippen molar-refractivity contribution in [3.63, 3.8) is 0 Å². The molecule has 150 heavy (non-hydrogen) atoms. The van der Waals surface area contributed by atoms with Crippen molar-refractivity contribution in [1.29, 1.82) is 0 Å². The smallest absolute Gasteiger partial charge is 0.279 e. The standard InChI is InChI=1S/C98H141N25O23S4/c1-9-52(5)78(102)97(145)107-54(7)81(129)118-71-48-149-49-72(121-86(134)63(38-51(3)4)113-87(135)64(39-56-22-13-11-14-23-56)114-85(133)62(112-93(71)141)27-18-20-34-100)95(143)122-79-55(8)150-50-73(109-77(127)44-105-96(144)74-28-21-36-123(74)98(79)146)91(139)106-53(6)80(128)111-61(26-17-19-33-99)84(132)110-60(10-2)82(130)104-43-76(126)108-69-47-148-46-68-83(131)103-35-37-147-45-70(94(142)116-66(89(137)119-68)41-58-29-31-59(124)32-30-58)120-90(138)67(42-75(101)125)117-88(136)65(115-92(69)140)40-57-24-15-12-16-25-57/h10-16,22-25,29-32,35,37,51-55,61-74,78-79,124H,9,17-21,26-28,33-34,36,38-50,99-100,102H2,1-8H3,(H2,101,125)(H,103,131)(H,104,130)(H,105,144)(H,106,139)(H,107,145)(H,108,126)(H,109,127)(H,110,132)(H,111,128)(H,112,141)(H,113,135)(H,114,133)(H,115,140)(H,116,142)(H,117,136)(H,118,129)(H,119,137)(H,120,138)(H,121,134)(H,122,143)/p+2/b37-35+,60-10-. The molecule has 0 aliphatic carbocycles. The van der Waals surface area contributed by atoms with Crippen molar-refractivity contribution in [2.24, 2.45) is 23.3 Å². The summed E-state index contributed by atoms with van der Waals surface area (Å²) in [6, 6.07) is -3.85. The summed E-state index contributed by atoms with van der Waals surface area (Å²) in [6.45, 7) is 11.7. The van der Waals surface area contributed by atoms with Gasteiger partial charge in [-0.15, -0.1) is 11.8 Å². The van der Waals surface area contributed by atoms with Crippen molar-refractivity contribution < 1.29 is 122 Å². The highest BCUT2D eigenvalue weighted by Crippen LogP contribution is 2.27. The fourth-order valence-electron chi connectivity index (χ4n) is 16.3. The number of quaternary nitrogens is 2. The van der Waals surface area contributed by atoms with Gasteiger partial charge in [-0.3, -0.25) is 105 Å². The lowest BCUT2D eigenvalue weighted by Gasteiger charge is -2.33. The molecule has 820 valence electrons. The molecule has 3 aromatic carbocycles. The van der Waals surface area contributed by atoms with Crippen LogP contribution in [0.15, 0.2) is 108 Å². The van der Waals surface area contributed by atoms with E-state index in [-0.39, 0.29) is 99.3 Å². The van der Waals surface area contributed by atoms with Crippen molar-refractivity contribution >= 4 is 177 Å². The number of allylic oxidation sites excluding steroid dienone is 1. The third-order valence-electron chi connectivity index (χ3n) is 25.2. The van der Waals surface area contributed by atoms with Gasteiger partial charge in [0.05, 0.1) is 26.1 Å². The number of amides is 22. The largest absolute Gasteiger partial charge is 0.508 e. The van der Waals surface area contributed by atoms with Crippen LogP contribution in [0.3, 0.4) is 0 Å². The lowest BCUT2D eigenvalue weighted by Crippen LogP contribution is -2.71. The Hall–Kier alpha value is -13.4. The monoisotopic (exact) mass is 2170 g/mol. The van der Waals surface area contributed by atoms with Crippen molar-refractivity contribution in [3.05, 3.63) is 125 Å².